The summed E-state index contributed by atoms with van der Waals surface area (Å²) in [4.78, 5) is 12.7. The summed E-state index contributed by atoms with van der Waals surface area (Å²) in [6, 6.07) is 6.72. The molecule has 146 valence electrons. The maximum Gasteiger partial charge on any atom is 0.233 e. The number of thioether (sulfide) groups is 1. The highest BCUT2D eigenvalue weighted by atomic mass is 32.2. The van der Waals surface area contributed by atoms with Crippen LogP contribution in [0.3, 0.4) is 0 Å². The summed E-state index contributed by atoms with van der Waals surface area (Å²) >= 11 is 1.35. The quantitative estimate of drug-likeness (QED) is 0.783. The van der Waals surface area contributed by atoms with Gasteiger partial charge in [0.1, 0.15) is 5.82 Å². The fourth-order valence-electron chi connectivity index (χ4n) is 3.59. The van der Waals surface area contributed by atoms with Crippen molar-refractivity contribution in [3.63, 3.8) is 0 Å². The van der Waals surface area contributed by atoms with E-state index >= 15 is 0 Å². The number of carbonyl (C=O) groups is 1. The summed E-state index contributed by atoms with van der Waals surface area (Å²) in [6.07, 6.45) is 3.43. The number of rotatable bonds is 5. The van der Waals surface area contributed by atoms with Crippen LogP contribution in [0.2, 0.25) is 0 Å². The highest BCUT2D eigenvalue weighted by Crippen LogP contribution is 2.31. The van der Waals surface area contributed by atoms with Gasteiger partial charge >= 0.3 is 0 Å². The molecule has 0 unspecified atom stereocenters. The highest BCUT2D eigenvalue weighted by Gasteiger charge is 2.30. The molecule has 1 amide bonds. The third-order valence-corrected chi connectivity index (χ3v) is 6.77. The predicted molar refractivity (Wildman–Crippen MR) is 106 cm³/mol. The van der Waals surface area contributed by atoms with E-state index in [1.807, 2.05) is 6.92 Å². The number of amides is 1. The van der Waals surface area contributed by atoms with E-state index in [1.54, 1.807) is 29.8 Å². The number of halogens is 1. The normalized spacial score (nSPS) is 23.8. The van der Waals surface area contributed by atoms with Gasteiger partial charge in [0, 0.05) is 13.1 Å². The van der Waals surface area contributed by atoms with Crippen LogP contribution in [0.15, 0.2) is 29.4 Å². The van der Waals surface area contributed by atoms with E-state index in [1.165, 1.54) is 24.2 Å². The Hall–Kier alpha value is -1.89. The molecule has 3 rings (SSSR count). The van der Waals surface area contributed by atoms with Crippen molar-refractivity contribution >= 4 is 17.7 Å². The third-order valence-electron chi connectivity index (χ3n) is 5.64. The first-order chi connectivity index (χ1) is 12.9. The molecule has 4 atom stereocenters. The van der Waals surface area contributed by atoms with Gasteiger partial charge in [-0.3, -0.25) is 4.79 Å². The van der Waals surface area contributed by atoms with E-state index in [-0.39, 0.29) is 23.0 Å². The Kier molecular flexibility index (Phi) is 6.19. The number of benzene rings is 1. The first-order valence-corrected chi connectivity index (χ1v) is 10.4. The van der Waals surface area contributed by atoms with Gasteiger partial charge in [-0.2, -0.15) is 0 Å². The zero-order valence-corrected chi connectivity index (χ0v) is 17.1. The molecule has 0 spiro atoms. The van der Waals surface area contributed by atoms with Gasteiger partial charge in [0.25, 0.3) is 0 Å². The largest absolute Gasteiger partial charge is 0.352 e. The second kappa shape index (κ2) is 8.42. The molecule has 1 aromatic heterocycles. The van der Waals surface area contributed by atoms with Crippen LogP contribution in [0.4, 0.5) is 4.39 Å². The number of nitrogens with one attached hydrogen (secondary N) is 1. The highest BCUT2D eigenvalue weighted by molar-refractivity contribution is 8.00. The topological polar surface area (TPSA) is 59.8 Å². The molecule has 0 saturated heterocycles. The molecule has 0 radical (unpaired) electrons. The first kappa shape index (κ1) is 19.9. The smallest absolute Gasteiger partial charge is 0.233 e. The van der Waals surface area contributed by atoms with E-state index in [0.717, 1.165) is 12.8 Å². The Bertz CT molecular complexity index is 809. The maximum absolute atomic E-state index is 14.0. The van der Waals surface area contributed by atoms with Crippen LogP contribution < -0.4 is 5.32 Å². The molecule has 1 aliphatic carbocycles. The van der Waals surface area contributed by atoms with E-state index in [0.29, 0.717) is 28.4 Å². The first-order valence-electron chi connectivity index (χ1n) is 9.49. The molecular formula is C20H27FN4OS. The molecule has 1 aromatic carbocycles. The van der Waals surface area contributed by atoms with Crippen molar-refractivity contribution in [3.8, 4) is 11.4 Å². The van der Waals surface area contributed by atoms with Gasteiger partial charge in [0.2, 0.25) is 5.91 Å². The van der Waals surface area contributed by atoms with Crippen LogP contribution >= 0.6 is 11.8 Å². The third kappa shape index (κ3) is 4.34. The van der Waals surface area contributed by atoms with Crippen molar-refractivity contribution in [2.24, 2.45) is 18.9 Å². The van der Waals surface area contributed by atoms with Crippen molar-refractivity contribution in [3.05, 3.63) is 30.1 Å². The number of hydrogen-bond acceptors (Lipinski definition) is 4. The van der Waals surface area contributed by atoms with Crippen molar-refractivity contribution in [1.29, 1.82) is 0 Å². The minimum absolute atomic E-state index is 0.0152. The van der Waals surface area contributed by atoms with Gasteiger partial charge in [0.15, 0.2) is 11.0 Å². The molecule has 1 fully saturated rings. The van der Waals surface area contributed by atoms with Crippen LogP contribution in [0.1, 0.15) is 40.0 Å². The molecule has 0 bridgehead atoms. The molecule has 2 aromatic rings. The van der Waals surface area contributed by atoms with Crippen molar-refractivity contribution < 1.29 is 9.18 Å². The summed E-state index contributed by atoms with van der Waals surface area (Å²) in [6.45, 7) is 6.34. The number of aromatic nitrogens is 3. The van der Waals surface area contributed by atoms with Gasteiger partial charge in [-0.05, 0) is 37.3 Å². The molecule has 7 heteroatoms. The zero-order valence-electron chi connectivity index (χ0n) is 16.3. The number of carbonyl (C=O) groups excluding carboxylic acids is 1. The van der Waals surface area contributed by atoms with Crippen molar-refractivity contribution in [2.75, 3.05) is 0 Å². The van der Waals surface area contributed by atoms with Crippen LogP contribution in [0.25, 0.3) is 11.4 Å². The molecule has 1 heterocycles. The standard InChI is InChI=1S/C20H27FN4OS/c1-12-8-7-11-17(13(12)2)22-19(26)14(3)27-20-24-23-18(25(20)4)15-9-5-6-10-16(15)21/h5-6,9-10,12-14,17H,7-8,11H2,1-4H3,(H,22,26)/t12-,13-,14-,17-/m1/s1. The lowest BCUT2D eigenvalue weighted by atomic mass is 9.78. The SMILES string of the molecule is C[C@@H]1[C@H](C)CCC[C@H]1NC(=O)[C@@H](C)Sc1nnc(-c2ccccc2F)n1C. The Balaban J connectivity index is 1.67. The fourth-order valence-corrected chi connectivity index (χ4v) is 4.42. The summed E-state index contributed by atoms with van der Waals surface area (Å²) in [5, 5.41) is 11.8. The van der Waals surface area contributed by atoms with Crippen molar-refractivity contribution in [2.45, 2.75) is 56.5 Å². The van der Waals surface area contributed by atoms with E-state index in [4.69, 9.17) is 0 Å². The Morgan fingerprint density at radius 3 is 2.78 bits per heavy atom. The molecular weight excluding hydrogens is 363 g/mol. The van der Waals surface area contributed by atoms with Gasteiger partial charge in [0.05, 0.1) is 10.8 Å². The van der Waals surface area contributed by atoms with Crippen LogP contribution in [-0.2, 0) is 11.8 Å². The minimum Gasteiger partial charge on any atom is -0.352 e. The monoisotopic (exact) mass is 390 g/mol. The summed E-state index contributed by atoms with van der Waals surface area (Å²) in [7, 11) is 1.79. The van der Waals surface area contributed by atoms with E-state index < -0.39 is 0 Å². The lowest BCUT2D eigenvalue weighted by Crippen LogP contribution is -2.46. The Labute approximate surface area is 164 Å². The lowest BCUT2D eigenvalue weighted by molar-refractivity contribution is -0.121. The zero-order chi connectivity index (χ0) is 19.6. The van der Waals surface area contributed by atoms with Crippen LogP contribution in [-0.4, -0.2) is 32.0 Å². The Morgan fingerprint density at radius 1 is 1.30 bits per heavy atom. The summed E-state index contributed by atoms with van der Waals surface area (Å²) < 4.78 is 15.8. The Morgan fingerprint density at radius 2 is 2.04 bits per heavy atom. The molecule has 1 N–H and O–H groups in total. The van der Waals surface area contributed by atoms with Gasteiger partial charge in [-0.25, -0.2) is 4.39 Å². The molecule has 1 aliphatic rings. The molecule has 0 aliphatic heterocycles. The van der Waals surface area contributed by atoms with Crippen molar-refractivity contribution in [1.82, 2.24) is 20.1 Å². The molecule has 27 heavy (non-hydrogen) atoms. The average molecular weight is 391 g/mol. The second-order valence-electron chi connectivity index (χ2n) is 7.49. The van der Waals surface area contributed by atoms with Crippen LogP contribution in [0.5, 0.6) is 0 Å². The molecule has 1 saturated carbocycles. The van der Waals surface area contributed by atoms with Gasteiger partial charge < -0.3 is 9.88 Å². The number of nitrogens with zero attached hydrogens (tertiary/aromatic N) is 3. The maximum atomic E-state index is 14.0. The van der Waals surface area contributed by atoms with Gasteiger partial charge in [-0.1, -0.05) is 50.6 Å². The van der Waals surface area contributed by atoms with E-state index in [9.17, 15) is 9.18 Å². The minimum atomic E-state index is -0.337. The average Bonchev–Trinajstić information content (AvgIpc) is 3.00. The lowest BCUT2D eigenvalue weighted by Gasteiger charge is -2.35. The van der Waals surface area contributed by atoms with E-state index in [2.05, 4.69) is 29.4 Å². The summed E-state index contributed by atoms with van der Waals surface area (Å²) in [5.41, 5.74) is 0.404. The second-order valence-corrected chi connectivity index (χ2v) is 8.80. The fraction of sp³-hybridized carbons (Fsp3) is 0.550. The molecule has 5 nitrogen and oxygen atoms in total. The summed E-state index contributed by atoms with van der Waals surface area (Å²) in [5.74, 6) is 1.26. The number of hydrogen-bond donors (Lipinski definition) is 1. The van der Waals surface area contributed by atoms with Crippen LogP contribution in [0, 0.1) is 17.7 Å². The predicted octanol–water partition coefficient (Wildman–Crippen LogP) is 4.04. The van der Waals surface area contributed by atoms with Gasteiger partial charge in [-0.15, -0.1) is 10.2 Å².